The van der Waals surface area contributed by atoms with Gasteiger partial charge in [0.05, 0.1) is 13.7 Å². The highest BCUT2D eigenvalue weighted by Gasteiger charge is 2.07. The number of hydrogen-bond acceptors (Lipinski definition) is 4. The molecule has 0 saturated heterocycles. The quantitative estimate of drug-likeness (QED) is 0.343. The number of methoxy groups -OCH3 is 1. The average molecular weight is 401 g/mol. The first-order valence-corrected chi connectivity index (χ1v) is 10.0. The van der Waals surface area contributed by atoms with Crippen molar-refractivity contribution in [1.29, 1.82) is 0 Å². The Kier molecular flexibility index (Phi) is 7.30. The number of rotatable bonds is 8. The van der Waals surface area contributed by atoms with E-state index in [0.717, 1.165) is 51.5 Å². The maximum absolute atomic E-state index is 9.88. The summed E-state index contributed by atoms with van der Waals surface area (Å²) in [4.78, 5) is 0. The SMILES string of the molecule is CCNc1ccc(/C=C/c2cc(CO)c(/C=C/c3ccc(N)cc3)cc2OC)cc1. The van der Waals surface area contributed by atoms with Gasteiger partial charge in [0, 0.05) is 23.5 Å². The van der Waals surface area contributed by atoms with Crippen LogP contribution in [0.1, 0.15) is 34.7 Å². The number of nitrogens with two attached hydrogens (primary N) is 1. The van der Waals surface area contributed by atoms with Crippen molar-refractivity contribution >= 4 is 35.7 Å². The Morgan fingerprint density at radius 2 is 1.47 bits per heavy atom. The van der Waals surface area contributed by atoms with Crippen LogP contribution < -0.4 is 15.8 Å². The molecule has 30 heavy (non-hydrogen) atoms. The number of aliphatic hydroxyl groups excluding tert-OH is 1. The molecule has 4 nitrogen and oxygen atoms in total. The molecule has 0 aromatic heterocycles. The highest BCUT2D eigenvalue weighted by Crippen LogP contribution is 2.27. The van der Waals surface area contributed by atoms with E-state index in [9.17, 15) is 5.11 Å². The van der Waals surface area contributed by atoms with Crippen molar-refractivity contribution in [1.82, 2.24) is 0 Å². The minimum Gasteiger partial charge on any atom is -0.496 e. The monoisotopic (exact) mass is 400 g/mol. The molecule has 0 aliphatic rings. The Hall–Kier alpha value is -3.50. The van der Waals surface area contributed by atoms with Gasteiger partial charge in [-0.05, 0) is 65.6 Å². The molecule has 0 spiro atoms. The van der Waals surface area contributed by atoms with Crippen LogP contribution >= 0.6 is 0 Å². The first-order valence-electron chi connectivity index (χ1n) is 10.0. The van der Waals surface area contributed by atoms with Crippen LogP contribution in [0.3, 0.4) is 0 Å². The molecule has 0 radical (unpaired) electrons. The van der Waals surface area contributed by atoms with E-state index in [1.807, 2.05) is 60.7 Å². The zero-order chi connectivity index (χ0) is 21.3. The molecular weight excluding hydrogens is 372 g/mol. The van der Waals surface area contributed by atoms with Crippen LogP contribution in [-0.2, 0) is 6.61 Å². The molecule has 4 N–H and O–H groups in total. The van der Waals surface area contributed by atoms with Crippen molar-refractivity contribution in [3.63, 3.8) is 0 Å². The van der Waals surface area contributed by atoms with Crippen molar-refractivity contribution < 1.29 is 9.84 Å². The van der Waals surface area contributed by atoms with Crippen molar-refractivity contribution in [3.05, 3.63) is 88.5 Å². The van der Waals surface area contributed by atoms with Crippen LogP contribution in [0.2, 0.25) is 0 Å². The molecule has 0 saturated carbocycles. The molecule has 0 heterocycles. The Balaban J connectivity index is 1.85. The standard InChI is InChI=1S/C26H28N2O2/c1-3-28-25-14-8-20(9-15-25)5-11-22-16-23(18-29)21(17-26(22)30-2)10-4-19-6-12-24(27)13-7-19/h4-17,28-29H,3,18,27H2,1-2H3/b10-4+,11-5+. The maximum Gasteiger partial charge on any atom is 0.126 e. The molecule has 0 amide bonds. The van der Waals surface area contributed by atoms with Gasteiger partial charge in [-0.1, -0.05) is 48.6 Å². The number of nitrogens with one attached hydrogen (secondary N) is 1. The Morgan fingerprint density at radius 1 is 0.867 bits per heavy atom. The minimum absolute atomic E-state index is 0.0520. The summed E-state index contributed by atoms with van der Waals surface area (Å²) >= 11 is 0. The number of aliphatic hydroxyl groups is 1. The number of anilines is 2. The zero-order valence-electron chi connectivity index (χ0n) is 17.4. The van der Waals surface area contributed by atoms with Crippen molar-refractivity contribution in [2.24, 2.45) is 0 Å². The summed E-state index contributed by atoms with van der Waals surface area (Å²) in [6.45, 7) is 2.92. The second kappa shape index (κ2) is 10.3. The van der Waals surface area contributed by atoms with E-state index in [1.54, 1.807) is 7.11 Å². The summed E-state index contributed by atoms with van der Waals surface area (Å²) in [6.07, 6.45) is 8.02. The third kappa shape index (κ3) is 5.52. The Morgan fingerprint density at radius 3 is 2.03 bits per heavy atom. The molecule has 4 heteroatoms. The van der Waals surface area contributed by atoms with Gasteiger partial charge in [0.25, 0.3) is 0 Å². The van der Waals surface area contributed by atoms with Gasteiger partial charge < -0.3 is 20.9 Å². The van der Waals surface area contributed by atoms with Crippen LogP contribution in [0.4, 0.5) is 11.4 Å². The smallest absolute Gasteiger partial charge is 0.126 e. The van der Waals surface area contributed by atoms with Crippen molar-refractivity contribution in [2.45, 2.75) is 13.5 Å². The summed E-state index contributed by atoms with van der Waals surface area (Å²) in [5.74, 6) is 0.754. The lowest BCUT2D eigenvalue weighted by molar-refractivity contribution is 0.281. The van der Waals surface area contributed by atoms with Crippen molar-refractivity contribution in [3.8, 4) is 5.75 Å². The third-order valence-corrected chi connectivity index (χ3v) is 4.80. The average Bonchev–Trinajstić information content (AvgIpc) is 2.78. The molecule has 0 atom stereocenters. The highest BCUT2D eigenvalue weighted by atomic mass is 16.5. The maximum atomic E-state index is 9.88. The fraction of sp³-hybridized carbons (Fsp3) is 0.154. The van der Waals surface area contributed by atoms with E-state index in [1.165, 1.54) is 0 Å². The van der Waals surface area contributed by atoms with E-state index < -0.39 is 0 Å². The summed E-state index contributed by atoms with van der Waals surface area (Å²) < 4.78 is 5.60. The van der Waals surface area contributed by atoms with Gasteiger partial charge in [-0.25, -0.2) is 0 Å². The zero-order valence-corrected chi connectivity index (χ0v) is 17.4. The summed E-state index contributed by atoms with van der Waals surface area (Å²) in [5.41, 5.74) is 12.4. The number of hydrogen-bond donors (Lipinski definition) is 3. The fourth-order valence-corrected chi connectivity index (χ4v) is 3.15. The number of nitrogen functional groups attached to an aromatic ring is 1. The van der Waals surface area contributed by atoms with Gasteiger partial charge in [-0.3, -0.25) is 0 Å². The Labute approximate surface area is 178 Å². The highest BCUT2D eigenvalue weighted by molar-refractivity contribution is 5.78. The van der Waals surface area contributed by atoms with Gasteiger partial charge in [-0.2, -0.15) is 0 Å². The number of benzene rings is 3. The fourth-order valence-electron chi connectivity index (χ4n) is 3.15. The lowest BCUT2D eigenvalue weighted by Crippen LogP contribution is -1.95. The first-order chi connectivity index (χ1) is 14.6. The van der Waals surface area contributed by atoms with Gasteiger partial charge in [0.15, 0.2) is 0 Å². The minimum atomic E-state index is -0.0520. The van der Waals surface area contributed by atoms with Gasteiger partial charge >= 0.3 is 0 Å². The lowest BCUT2D eigenvalue weighted by atomic mass is 10.0. The van der Waals surface area contributed by atoms with Crippen LogP contribution in [-0.4, -0.2) is 18.8 Å². The van der Waals surface area contributed by atoms with Crippen molar-refractivity contribution in [2.75, 3.05) is 24.7 Å². The summed E-state index contributed by atoms with van der Waals surface area (Å²) in [6, 6.07) is 19.8. The molecule has 3 aromatic carbocycles. The first kappa shape index (κ1) is 21.2. The van der Waals surface area contributed by atoms with Gasteiger partial charge in [0.1, 0.15) is 5.75 Å². The van der Waals surface area contributed by atoms with E-state index in [-0.39, 0.29) is 6.61 Å². The lowest BCUT2D eigenvalue weighted by Gasteiger charge is -2.11. The molecule has 0 aliphatic carbocycles. The molecule has 3 rings (SSSR count). The molecule has 154 valence electrons. The van der Waals surface area contributed by atoms with Gasteiger partial charge in [-0.15, -0.1) is 0 Å². The second-order valence-electron chi connectivity index (χ2n) is 6.94. The van der Waals surface area contributed by atoms with Crippen LogP contribution in [0.5, 0.6) is 5.75 Å². The summed E-state index contributed by atoms with van der Waals surface area (Å²) in [7, 11) is 1.66. The van der Waals surface area contributed by atoms with Crippen LogP contribution in [0.15, 0.2) is 60.7 Å². The van der Waals surface area contributed by atoms with Crippen LogP contribution in [0, 0.1) is 0 Å². The van der Waals surface area contributed by atoms with E-state index >= 15 is 0 Å². The van der Waals surface area contributed by atoms with E-state index in [0.29, 0.717) is 0 Å². The van der Waals surface area contributed by atoms with Crippen LogP contribution in [0.25, 0.3) is 24.3 Å². The largest absolute Gasteiger partial charge is 0.496 e. The molecule has 0 fully saturated rings. The molecule has 0 bridgehead atoms. The molecule has 0 aliphatic heterocycles. The van der Waals surface area contributed by atoms with E-state index in [2.05, 4.69) is 36.5 Å². The van der Waals surface area contributed by atoms with E-state index in [4.69, 9.17) is 10.5 Å². The predicted molar refractivity (Wildman–Crippen MR) is 128 cm³/mol. The third-order valence-electron chi connectivity index (χ3n) is 4.80. The topological polar surface area (TPSA) is 67.5 Å². The Bertz CT molecular complexity index is 1020. The second-order valence-corrected chi connectivity index (χ2v) is 6.94. The predicted octanol–water partition coefficient (Wildman–Crippen LogP) is 5.54. The molecule has 0 unspecified atom stereocenters. The summed E-state index contributed by atoms with van der Waals surface area (Å²) in [5, 5.41) is 13.2. The number of ether oxygens (including phenoxy) is 1. The molecular formula is C26H28N2O2. The molecule has 3 aromatic rings. The normalized spacial score (nSPS) is 11.3. The van der Waals surface area contributed by atoms with Gasteiger partial charge in [0.2, 0.25) is 0 Å².